The van der Waals surface area contributed by atoms with E-state index in [9.17, 15) is 19.5 Å². The highest BCUT2D eigenvalue weighted by Crippen LogP contribution is 2.62. The minimum Gasteiger partial charge on any atom is -0.508 e. The fourth-order valence-electron chi connectivity index (χ4n) is 6.32. The van der Waals surface area contributed by atoms with Crippen LogP contribution < -0.4 is 0 Å². The molecule has 196 valence electrons. The van der Waals surface area contributed by atoms with Gasteiger partial charge in [0, 0.05) is 40.0 Å². The van der Waals surface area contributed by atoms with Gasteiger partial charge in [-0.1, -0.05) is 115 Å². The third-order valence-corrected chi connectivity index (χ3v) is 8.32. The zero-order chi connectivity index (χ0) is 27.9. The summed E-state index contributed by atoms with van der Waals surface area (Å²) in [6.45, 7) is 0. The van der Waals surface area contributed by atoms with Crippen LogP contribution in [-0.4, -0.2) is 22.5 Å². The van der Waals surface area contributed by atoms with Crippen molar-refractivity contribution in [2.75, 3.05) is 0 Å². The SMILES string of the molecule is O=C1C[C@H](c2ccccc2)C2(C(=O)c3ccccc3C2=O)[C@@H](c2ccc(Cl)cc2)/C1=C(O)/C=C/c1ccccc1. The van der Waals surface area contributed by atoms with Crippen molar-refractivity contribution in [1.82, 2.24) is 0 Å². The molecule has 4 aromatic carbocycles. The van der Waals surface area contributed by atoms with Gasteiger partial charge >= 0.3 is 0 Å². The van der Waals surface area contributed by atoms with Crippen molar-refractivity contribution in [2.45, 2.75) is 18.3 Å². The van der Waals surface area contributed by atoms with Crippen molar-refractivity contribution in [3.8, 4) is 0 Å². The minimum absolute atomic E-state index is 0.0520. The second kappa shape index (κ2) is 10.2. The molecule has 2 aliphatic carbocycles. The third-order valence-electron chi connectivity index (χ3n) is 8.07. The molecule has 0 amide bonds. The quantitative estimate of drug-likeness (QED) is 0.162. The Hall–Kier alpha value is -4.54. The smallest absolute Gasteiger partial charge is 0.179 e. The van der Waals surface area contributed by atoms with Gasteiger partial charge in [-0.3, -0.25) is 14.4 Å². The number of Topliss-reactive ketones (excluding diaryl/α,β-unsaturated/α-hetero) is 3. The second-order valence-electron chi connectivity index (χ2n) is 10.2. The van der Waals surface area contributed by atoms with Gasteiger partial charge in [0.05, 0.1) is 0 Å². The van der Waals surface area contributed by atoms with Crippen LogP contribution in [0.15, 0.2) is 127 Å². The first-order valence-electron chi connectivity index (χ1n) is 13.1. The van der Waals surface area contributed by atoms with Gasteiger partial charge in [-0.25, -0.2) is 0 Å². The van der Waals surface area contributed by atoms with E-state index in [2.05, 4.69) is 0 Å². The van der Waals surface area contributed by atoms with Crippen LogP contribution in [0.25, 0.3) is 6.08 Å². The molecule has 4 aromatic rings. The number of aliphatic hydroxyl groups is 1. The Bertz CT molecular complexity index is 1650. The van der Waals surface area contributed by atoms with Crippen LogP contribution in [0.3, 0.4) is 0 Å². The van der Waals surface area contributed by atoms with Crippen molar-refractivity contribution < 1.29 is 19.5 Å². The maximum atomic E-state index is 14.6. The molecule has 5 heteroatoms. The minimum atomic E-state index is -1.67. The highest BCUT2D eigenvalue weighted by Gasteiger charge is 2.66. The average Bonchev–Trinajstić information content (AvgIpc) is 3.21. The predicted octanol–water partition coefficient (Wildman–Crippen LogP) is 7.77. The number of carbonyl (C=O) groups excluding carboxylic acids is 3. The Morgan fingerprint density at radius 3 is 1.88 bits per heavy atom. The number of carbonyl (C=O) groups is 3. The summed E-state index contributed by atoms with van der Waals surface area (Å²) in [5, 5.41) is 12.0. The van der Waals surface area contributed by atoms with Crippen molar-refractivity contribution in [1.29, 1.82) is 0 Å². The topological polar surface area (TPSA) is 71.4 Å². The summed E-state index contributed by atoms with van der Waals surface area (Å²) in [6, 6.07) is 32.2. The summed E-state index contributed by atoms with van der Waals surface area (Å²) < 4.78 is 0. The molecular weight excluding hydrogens is 520 g/mol. The average molecular weight is 545 g/mol. The summed E-state index contributed by atoms with van der Waals surface area (Å²) >= 11 is 6.23. The molecule has 2 aliphatic rings. The highest BCUT2D eigenvalue weighted by atomic mass is 35.5. The van der Waals surface area contributed by atoms with Crippen LogP contribution in [0.4, 0.5) is 0 Å². The van der Waals surface area contributed by atoms with Crippen LogP contribution in [0, 0.1) is 5.41 Å². The predicted molar refractivity (Wildman–Crippen MR) is 156 cm³/mol. The zero-order valence-corrected chi connectivity index (χ0v) is 22.2. The van der Waals surface area contributed by atoms with E-state index in [1.54, 1.807) is 54.6 Å². The number of benzene rings is 4. The molecule has 4 nitrogen and oxygen atoms in total. The normalized spacial score (nSPS) is 21.2. The Labute approximate surface area is 237 Å². The molecule has 0 aromatic heterocycles. The first-order chi connectivity index (χ1) is 19.4. The number of hydrogen-bond donors (Lipinski definition) is 1. The summed E-state index contributed by atoms with van der Waals surface area (Å²) in [6.07, 6.45) is 3.08. The van der Waals surface area contributed by atoms with E-state index < -0.39 is 17.3 Å². The number of rotatable bonds is 4. The molecule has 1 saturated carbocycles. The van der Waals surface area contributed by atoms with Gasteiger partial charge < -0.3 is 5.11 Å². The fraction of sp³-hybridized carbons (Fsp3) is 0.114. The molecule has 1 spiro atoms. The Kier molecular flexibility index (Phi) is 6.57. The number of allylic oxidation sites excluding steroid dienone is 2. The number of aliphatic hydroxyl groups excluding tert-OH is 1. The van der Waals surface area contributed by atoms with Gasteiger partial charge in [0.2, 0.25) is 0 Å². The van der Waals surface area contributed by atoms with Gasteiger partial charge in [-0.05, 0) is 34.9 Å². The lowest BCUT2D eigenvalue weighted by Gasteiger charge is -2.46. The third kappa shape index (κ3) is 4.04. The molecule has 6 rings (SSSR count). The monoisotopic (exact) mass is 544 g/mol. The lowest BCUT2D eigenvalue weighted by molar-refractivity contribution is -0.118. The van der Waals surface area contributed by atoms with Crippen molar-refractivity contribution >= 4 is 35.0 Å². The maximum absolute atomic E-state index is 14.6. The Morgan fingerprint density at radius 2 is 1.27 bits per heavy atom. The standard InChI is InChI=1S/C35H25ClO4/c36-25-18-16-24(17-19-25)32-31(29(37)20-15-22-9-3-1-4-10-22)30(38)21-28(23-11-5-2-6-12-23)35(32)33(39)26-13-7-8-14-27(26)34(35)40/h1-20,28,32,37H,21H2/b20-15+,31-29-/t28-,32+/m1/s1. The van der Waals surface area contributed by atoms with Crippen LogP contribution in [0.2, 0.25) is 5.02 Å². The molecule has 0 unspecified atom stereocenters. The van der Waals surface area contributed by atoms with Crippen molar-refractivity contribution in [3.05, 3.63) is 159 Å². The van der Waals surface area contributed by atoms with Crippen LogP contribution in [-0.2, 0) is 4.79 Å². The first-order valence-corrected chi connectivity index (χ1v) is 13.5. The van der Waals surface area contributed by atoms with E-state index in [4.69, 9.17) is 11.6 Å². The van der Waals surface area contributed by atoms with E-state index >= 15 is 0 Å². The van der Waals surface area contributed by atoms with Gasteiger partial charge in [0.1, 0.15) is 11.2 Å². The number of halogens is 1. The molecule has 1 fully saturated rings. The molecule has 0 radical (unpaired) electrons. The van der Waals surface area contributed by atoms with E-state index in [-0.39, 0.29) is 35.1 Å². The van der Waals surface area contributed by atoms with Gasteiger partial charge in [0.25, 0.3) is 0 Å². The molecular formula is C35H25ClO4. The van der Waals surface area contributed by atoms with Crippen LogP contribution in [0.1, 0.15) is 55.7 Å². The molecule has 0 saturated heterocycles. The first kappa shape index (κ1) is 25.7. The van der Waals surface area contributed by atoms with E-state index in [1.807, 2.05) is 60.7 Å². The van der Waals surface area contributed by atoms with Crippen LogP contribution in [0.5, 0.6) is 0 Å². The molecule has 40 heavy (non-hydrogen) atoms. The number of ketones is 3. The molecule has 0 bridgehead atoms. The van der Waals surface area contributed by atoms with E-state index in [0.29, 0.717) is 21.7 Å². The summed E-state index contributed by atoms with van der Waals surface area (Å²) in [5.74, 6) is -3.03. The Balaban J connectivity index is 1.65. The van der Waals surface area contributed by atoms with Gasteiger partial charge in [0.15, 0.2) is 17.3 Å². The fourth-order valence-corrected chi connectivity index (χ4v) is 6.45. The van der Waals surface area contributed by atoms with Gasteiger partial charge in [-0.2, -0.15) is 0 Å². The lowest BCUT2D eigenvalue weighted by atomic mass is 9.52. The van der Waals surface area contributed by atoms with Crippen LogP contribution >= 0.6 is 11.6 Å². The molecule has 2 atom stereocenters. The zero-order valence-electron chi connectivity index (χ0n) is 21.5. The molecule has 1 N–H and O–H groups in total. The second-order valence-corrected chi connectivity index (χ2v) is 10.6. The Morgan fingerprint density at radius 1 is 0.725 bits per heavy atom. The van der Waals surface area contributed by atoms with Crippen molar-refractivity contribution in [3.63, 3.8) is 0 Å². The largest absolute Gasteiger partial charge is 0.508 e. The summed E-state index contributed by atoms with van der Waals surface area (Å²) in [7, 11) is 0. The molecule has 0 aliphatic heterocycles. The molecule has 0 heterocycles. The van der Waals surface area contributed by atoms with Crippen molar-refractivity contribution in [2.24, 2.45) is 5.41 Å². The van der Waals surface area contributed by atoms with E-state index in [0.717, 1.165) is 11.1 Å². The highest BCUT2D eigenvalue weighted by molar-refractivity contribution is 6.32. The number of hydrogen-bond acceptors (Lipinski definition) is 4. The van der Waals surface area contributed by atoms with Gasteiger partial charge in [-0.15, -0.1) is 0 Å². The summed E-state index contributed by atoms with van der Waals surface area (Å²) in [5.41, 5.74) is 1.16. The summed E-state index contributed by atoms with van der Waals surface area (Å²) in [4.78, 5) is 43.2. The van der Waals surface area contributed by atoms with E-state index in [1.165, 1.54) is 6.08 Å². The lowest BCUT2D eigenvalue weighted by Crippen LogP contribution is -2.51. The maximum Gasteiger partial charge on any atom is 0.179 e. The number of fused-ring (bicyclic) bond motifs is 1.